The van der Waals surface area contributed by atoms with Crippen LogP contribution in [0.2, 0.25) is 5.02 Å². The number of anilines is 1. The first-order valence-corrected chi connectivity index (χ1v) is 11.2. The van der Waals surface area contributed by atoms with E-state index in [4.69, 9.17) is 11.6 Å². The van der Waals surface area contributed by atoms with Crippen LogP contribution in [-0.2, 0) is 4.79 Å². The minimum Gasteiger partial charge on any atom is -0.361 e. The fourth-order valence-electron chi connectivity index (χ4n) is 3.82. The van der Waals surface area contributed by atoms with E-state index in [9.17, 15) is 9.59 Å². The first-order valence-electron chi connectivity index (χ1n) is 10.8. The minimum absolute atomic E-state index is 0.117. The van der Waals surface area contributed by atoms with Crippen LogP contribution in [0.25, 0.3) is 10.9 Å². The SMILES string of the molecule is O=C(CCNC(=O)Nc1ccccc1)NCC(c1ccccc1Cl)c1c[nH]c2ccccc12. The molecule has 0 aliphatic rings. The van der Waals surface area contributed by atoms with Crippen LogP contribution >= 0.6 is 11.6 Å². The molecule has 6 nitrogen and oxygen atoms in total. The molecule has 1 unspecified atom stereocenters. The number of H-pyrrole nitrogens is 1. The number of carbonyl (C=O) groups is 2. The Morgan fingerprint density at radius 2 is 1.58 bits per heavy atom. The molecule has 0 saturated heterocycles. The van der Waals surface area contributed by atoms with E-state index < -0.39 is 0 Å². The number of halogens is 1. The van der Waals surface area contributed by atoms with Crippen molar-refractivity contribution < 1.29 is 9.59 Å². The van der Waals surface area contributed by atoms with E-state index in [-0.39, 0.29) is 30.8 Å². The maximum atomic E-state index is 12.5. The summed E-state index contributed by atoms with van der Waals surface area (Å²) in [5, 5.41) is 10.2. The normalized spacial score (nSPS) is 11.7. The third-order valence-corrected chi connectivity index (χ3v) is 5.79. The van der Waals surface area contributed by atoms with Gasteiger partial charge in [0.25, 0.3) is 0 Å². The molecule has 7 heteroatoms. The maximum Gasteiger partial charge on any atom is 0.319 e. The van der Waals surface area contributed by atoms with Crippen molar-refractivity contribution in [3.63, 3.8) is 0 Å². The first-order chi connectivity index (χ1) is 16.1. The fourth-order valence-corrected chi connectivity index (χ4v) is 4.09. The molecule has 168 valence electrons. The zero-order chi connectivity index (χ0) is 23.0. The molecule has 0 fully saturated rings. The molecule has 1 heterocycles. The molecule has 3 amide bonds. The Morgan fingerprint density at radius 1 is 0.848 bits per heavy atom. The highest BCUT2D eigenvalue weighted by Crippen LogP contribution is 2.34. The Balaban J connectivity index is 1.37. The van der Waals surface area contributed by atoms with Crippen molar-refractivity contribution in [2.45, 2.75) is 12.3 Å². The molecule has 0 aliphatic carbocycles. The molecule has 4 aromatic rings. The predicted molar refractivity (Wildman–Crippen MR) is 133 cm³/mol. The number of aromatic nitrogens is 1. The van der Waals surface area contributed by atoms with Crippen LogP contribution < -0.4 is 16.0 Å². The van der Waals surface area contributed by atoms with Gasteiger partial charge in [-0.05, 0) is 35.4 Å². The molecule has 0 spiro atoms. The van der Waals surface area contributed by atoms with Crippen molar-refractivity contribution in [1.29, 1.82) is 0 Å². The third kappa shape index (κ3) is 5.73. The average molecular weight is 461 g/mol. The third-order valence-electron chi connectivity index (χ3n) is 5.45. The molecular formula is C26H25ClN4O2. The quantitative estimate of drug-likeness (QED) is 0.288. The van der Waals surface area contributed by atoms with Gasteiger partial charge in [-0.25, -0.2) is 4.79 Å². The van der Waals surface area contributed by atoms with E-state index in [1.807, 2.05) is 66.9 Å². The topological polar surface area (TPSA) is 86.0 Å². The lowest BCUT2D eigenvalue weighted by molar-refractivity contribution is -0.120. The summed E-state index contributed by atoms with van der Waals surface area (Å²) in [5.41, 5.74) is 3.74. The average Bonchev–Trinajstić information content (AvgIpc) is 3.25. The van der Waals surface area contributed by atoms with E-state index in [2.05, 4.69) is 27.0 Å². The number of aromatic amines is 1. The summed E-state index contributed by atoms with van der Waals surface area (Å²) >= 11 is 6.51. The maximum absolute atomic E-state index is 12.5. The van der Waals surface area contributed by atoms with Crippen molar-refractivity contribution >= 4 is 40.1 Å². The lowest BCUT2D eigenvalue weighted by Crippen LogP contribution is -2.34. The van der Waals surface area contributed by atoms with E-state index in [1.165, 1.54) is 0 Å². The van der Waals surface area contributed by atoms with Gasteiger partial charge in [-0.1, -0.05) is 66.2 Å². The number of para-hydroxylation sites is 2. The minimum atomic E-state index is -0.346. The number of benzene rings is 3. The lowest BCUT2D eigenvalue weighted by atomic mass is 9.90. The standard InChI is InChI=1S/C26H25ClN4O2/c27-23-12-6-4-10-19(23)21(22-16-29-24-13-7-5-11-20(22)24)17-30-25(32)14-15-28-26(33)31-18-8-2-1-3-9-18/h1-13,16,21,29H,14-15,17H2,(H,30,32)(H2,28,31,33). The smallest absolute Gasteiger partial charge is 0.319 e. The van der Waals surface area contributed by atoms with Gasteiger partial charge in [0.15, 0.2) is 0 Å². The van der Waals surface area contributed by atoms with Crippen molar-refractivity contribution in [2.75, 3.05) is 18.4 Å². The second-order valence-electron chi connectivity index (χ2n) is 7.66. The van der Waals surface area contributed by atoms with Crippen LogP contribution in [0.1, 0.15) is 23.5 Å². The van der Waals surface area contributed by atoms with E-state index in [1.54, 1.807) is 12.1 Å². The van der Waals surface area contributed by atoms with Crippen LogP contribution in [0, 0.1) is 0 Å². The first kappa shape index (κ1) is 22.4. The van der Waals surface area contributed by atoms with Crippen LogP contribution in [0.15, 0.2) is 85.1 Å². The number of urea groups is 1. The Morgan fingerprint density at radius 3 is 2.39 bits per heavy atom. The Hall–Kier alpha value is -3.77. The van der Waals surface area contributed by atoms with Gasteiger partial charge in [-0.2, -0.15) is 0 Å². The van der Waals surface area contributed by atoms with Gasteiger partial charge in [-0.15, -0.1) is 0 Å². The number of amides is 3. The van der Waals surface area contributed by atoms with Crippen LogP contribution in [-0.4, -0.2) is 30.0 Å². The number of nitrogens with one attached hydrogen (secondary N) is 4. The summed E-state index contributed by atoms with van der Waals surface area (Å²) in [6.45, 7) is 0.620. The molecule has 4 N–H and O–H groups in total. The van der Waals surface area contributed by atoms with Gasteiger partial charge < -0.3 is 20.9 Å². The fraction of sp³-hybridized carbons (Fsp3) is 0.154. The molecule has 0 aliphatic heterocycles. The summed E-state index contributed by atoms with van der Waals surface area (Å²) in [7, 11) is 0. The highest BCUT2D eigenvalue weighted by atomic mass is 35.5. The molecule has 0 bridgehead atoms. The summed E-state index contributed by atoms with van der Waals surface area (Å²) in [6, 6.07) is 24.5. The van der Waals surface area contributed by atoms with Gasteiger partial charge in [0.1, 0.15) is 0 Å². The molecule has 3 aromatic carbocycles. The number of hydrogen-bond acceptors (Lipinski definition) is 2. The Labute approximate surface area is 197 Å². The summed E-state index contributed by atoms with van der Waals surface area (Å²) in [4.78, 5) is 27.8. The largest absolute Gasteiger partial charge is 0.361 e. The van der Waals surface area contributed by atoms with Gasteiger partial charge in [0.05, 0.1) is 0 Å². The van der Waals surface area contributed by atoms with E-state index in [0.717, 1.165) is 22.0 Å². The number of rotatable bonds is 8. The second kappa shape index (κ2) is 10.7. The van der Waals surface area contributed by atoms with Crippen LogP contribution in [0.5, 0.6) is 0 Å². The van der Waals surface area contributed by atoms with Crippen molar-refractivity contribution in [2.24, 2.45) is 0 Å². The highest BCUT2D eigenvalue weighted by molar-refractivity contribution is 6.31. The number of hydrogen-bond donors (Lipinski definition) is 4. The van der Waals surface area contributed by atoms with Crippen molar-refractivity contribution in [3.05, 3.63) is 101 Å². The molecule has 1 aromatic heterocycles. The molecule has 4 rings (SSSR count). The lowest BCUT2D eigenvalue weighted by Gasteiger charge is -2.19. The summed E-state index contributed by atoms with van der Waals surface area (Å²) in [5.74, 6) is -0.264. The van der Waals surface area contributed by atoms with Gasteiger partial charge in [-0.3, -0.25) is 4.79 Å². The highest BCUT2D eigenvalue weighted by Gasteiger charge is 2.21. The number of fused-ring (bicyclic) bond motifs is 1. The molecule has 0 saturated carbocycles. The zero-order valence-corrected chi connectivity index (χ0v) is 18.7. The van der Waals surface area contributed by atoms with Gasteiger partial charge in [0.2, 0.25) is 5.91 Å². The second-order valence-corrected chi connectivity index (χ2v) is 8.07. The Kier molecular flexibility index (Phi) is 7.27. The van der Waals surface area contributed by atoms with E-state index >= 15 is 0 Å². The summed E-state index contributed by atoms with van der Waals surface area (Å²) < 4.78 is 0. The molecule has 0 radical (unpaired) electrons. The summed E-state index contributed by atoms with van der Waals surface area (Å²) in [6.07, 6.45) is 2.14. The number of carbonyl (C=O) groups excluding carboxylic acids is 2. The van der Waals surface area contributed by atoms with Crippen molar-refractivity contribution in [1.82, 2.24) is 15.6 Å². The van der Waals surface area contributed by atoms with E-state index in [0.29, 0.717) is 17.3 Å². The van der Waals surface area contributed by atoms with Crippen molar-refractivity contribution in [3.8, 4) is 0 Å². The Bertz CT molecular complexity index is 1240. The molecular weight excluding hydrogens is 436 g/mol. The zero-order valence-electron chi connectivity index (χ0n) is 18.0. The molecule has 33 heavy (non-hydrogen) atoms. The predicted octanol–water partition coefficient (Wildman–Crippen LogP) is 5.28. The van der Waals surface area contributed by atoms with Gasteiger partial charge in [0, 0.05) is 53.2 Å². The monoisotopic (exact) mass is 460 g/mol. The van der Waals surface area contributed by atoms with Crippen LogP contribution in [0.3, 0.4) is 0 Å². The van der Waals surface area contributed by atoms with Crippen LogP contribution in [0.4, 0.5) is 10.5 Å². The van der Waals surface area contributed by atoms with Gasteiger partial charge >= 0.3 is 6.03 Å². The molecule has 1 atom stereocenters.